The number of hydrogen-bond donors (Lipinski definition) is 7. The molecule has 0 aromatic heterocycles. The van der Waals surface area contributed by atoms with E-state index in [4.69, 9.17) is 18.9 Å². The van der Waals surface area contributed by atoms with Gasteiger partial charge in [0.2, 0.25) is 0 Å². The first-order chi connectivity index (χ1) is 14.3. The lowest BCUT2D eigenvalue weighted by atomic mass is 9.98. The van der Waals surface area contributed by atoms with Crippen LogP contribution in [0, 0.1) is 0 Å². The van der Waals surface area contributed by atoms with E-state index in [-0.39, 0.29) is 6.61 Å². The minimum atomic E-state index is -1.92. The molecule has 0 aromatic carbocycles. The van der Waals surface area contributed by atoms with Crippen molar-refractivity contribution in [3.8, 4) is 0 Å². The molecule has 2 fully saturated rings. The second-order valence-electron chi connectivity index (χ2n) is 8.00. The maximum absolute atomic E-state index is 10.5. The molecule has 0 aliphatic carbocycles. The Hall–Kier alpha value is -0.440. The van der Waals surface area contributed by atoms with Crippen LogP contribution in [-0.4, -0.2) is 117 Å². The Morgan fingerprint density at radius 3 is 2.40 bits per heavy atom. The second-order valence-corrected chi connectivity index (χ2v) is 8.00. The molecule has 0 amide bonds. The van der Waals surface area contributed by atoms with Crippen LogP contribution in [0.25, 0.3) is 0 Å². The summed E-state index contributed by atoms with van der Waals surface area (Å²) in [5.41, 5.74) is -1.92. The highest BCUT2D eigenvalue weighted by Gasteiger charge is 2.53. The molecule has 30 heavy (non-hydrogen) atoms. The SMILES string of the molecule is CCCCC[C@@H](O)CCO[C@@H]1O[C@H](CO)[C@@H](O)[C@H](O)[C@H]1O[C@@H]1OC[C@](O)(CO)[C@H]1O. The molecule has 11 heteroatoms. The van der Waals surface area contributed by atoms with Gasteiger partial charge < -0.3 is 54.7 Å². The van der Waals surface area contributed by atoms with E-state index in [2.05, 4.69) is 6.92 Å². The zero-order chi connectivity index (χ0) is 22.3. The normalized spacial score (nSPS) is 40.6. The van der Waals surface area contributed by atoms with Crippen molar-refractivity contribution < 1.29 is 54.7 Å². The van der Waals surface area contributed by atoms with Crippen LogP contribution in [0.15, 0.2) is 0 Å². The molecule has 9 atom stereocenters. The highest BCUT2D eigenvalue weighted by atomic mass is 16.8. The smallest absolute Gasteiger partial charge is 0.187 e. The van der Waals surface area contributed by atoms with Crippen LogP contribution in [0.1, 0.15) is 39.0 Å². The van der Waals surface area contributed by atoms with Gasteiger partial charge in [0.1, 0.15) is 36.1 Å². The molecule has 2 saturated heterocycles. The maximum atomic E-state index is 10.5. The molecule has 0 aromatic rings. The van der Waals surface area contributed by atoms with Gasteiger partial charge in [-0.1, -0.05) is 26.2 Å². The highest BCUT2D eigenvalue weighted by Crippen LogP contribution is 2.31. The number of ether oxygens (including phenoxy) is 4. The first kappa shape index (κ1) is 25.8. The number of hydrogen-bond acceptors (Lipinski definition) is 11. The van der Waals surface area contributed by atoms with E-state index in [1.807, 2.05) is 0 Å². The quantitative estimate of drug-likeness (QED) is 0.161. The molecule has 178 valence electrons. The fourth-order valence-corrected chi connectivity index (χ4v) is 3.49. The molecule has 0 saturated carbocycles. The first-order valence-electron chi connectivity index (χ1n) is 10.5. The summed E-state index contributed by atoms with van der Waals surface area (Å²) in [6, 6.07) is 0. The summed E-state index contributed by atoms with van der Waals surface area (Å²) in [6.07, 6.45) is -6.40. The second kappa shape index (κ2) is 12.0. The van der Waals surface area contributed by atoms with Gasteiger partial charge in [0, 0.05) is 0 Å². The zero-order valence-electron chi connectivity index (χ0n) is 17.2. The summed E-state index contributed by atoms with van der Waals surface area (Å²) in [7, 11) is 0. The Labute approximate surface area is 175 Å². The highest BCUT2D eigenvalue weighted by molar-refractivity contribution is 4.96. The van der Waals surface area contributed by atoms with Gasteiger partial charge in [-0.3, -0.25) is 0 Å². The van der Waals surface area contributed by atoms with Crippen molar-refractivity contribution in [1.29, 1.82) is 0 Å². The van der Waals surface area contributed by atoms with Crippen molar-refractivity contribution in [1.82, 2.24) is 0 Å². The van der Waals surface area contributed by atoms with Crippen LogP contribution in [0.4, 0.5) is 0 Å². The third-order valence-corrected chi connectivity index (χ3v) is 5.57. The van der Waals surface area contributed by atoms with Crippen LogP contribution in [-0.2, 0) is 18.9 Å². The van der Waals surface area contributed by atoms with Gasteiger partial charge in [-0.15, -0.1) is 0 Å². The fraction of sp³-hybridized carbons (Fsp3) is 1.00. The monoisotopic (exact) mass is 440 g/mol. The Bertz CT molecular complexity index is 495. The third-order valence-electron chi connectivity index (χ3n) is 5.57. The fourth-order valence-electron chi connectivity index (χ4n) is 3.49. The topological polar surface area (TPSA) is 179 Å². The summed E-state index contributed by atoms with van der Waals surface area (Å²) in [6.45, 7) is 0.406. The first-order valence-corrected chi connectivity index (χ1v) is 10.5. The van der Waals surface area contributed by atoms with Crippen molar-refractivity contribution in [2.24, 2.45) is 0 Å². The van der Waals surface area contributed by atoms with Crippen LogP contribution in [0.3, 0.4) is 0 Å². The maximum Gasteiger partial charge on any atom is 0.187 e. The van der Waals surface area contributed by atoms with Gasteiger partial charge >= 0.3 is 0 Å². The van der Waals surface area contributed by atoms with Crippen molar-refractivity contribution in [3.05, 3.63) is 0 Å². The molecule has 2 heterocycles. The summed E-state index contributed by atoms with van der Waals surface area (Å²) >= 11 is 0. The molecule has 2 aliphatic heterocycles. The molecule has 0 bridgehead atoms. The Morgan fingerprint density at radius 1 is 1.07 bits per heavy atom. The summed E-state index contributed by atoms with van der Waals surface area (Å²) in [5, 5.41) is 69.5. The summed E-state index contributed by atoms with van der Waals surface area (Å²) < 4.78 is 21.8. The van der Waals surface area contributed by atoms with E-state index in [0.717, 1.165) is 19.3 Å². The van der Waals surface area contributed by atoms with E-state index in [9.17, 15) is 35.7 Å². The van der Waals surface area contributed by atoms with E-state index in [0.29, 0.717) is 12.8 Å². The van der Waals surface area contributed by atoms with Crippen molar-refractivity contribution in [2.45, 2.75) is 93.8 Å². The molecule has 2 aliphatic rings. The van der Waals surface area contributed by atoms with E-state index in [1.54, 1.807) is 0 Å². The Morgan fingerprint density at radius 2 is 1.80 bits per heavy atom. The van der Waals surface area contributed by atoms with Gasteiger partial charge in [0.25, 0.3) is 0 Å². The predicted octanol–water partition coefficient (Wildman–Crippen LogP) is -2.40. The zero-order valence-corrected chi connectivity index (χ0v) is 17.2. The van der Waals surface area contributed by atoms with Crippen LogP contribution in [0.2, 0.25) is 0 Å². The van der Waals surface area contributed by atoms with E-state index >= 15 is 0 Å². The predicted molar refractivity (Wildman–Crippen MR) is 101 cm³/mol. The average Bonchev–Trinajstić information content (AvgIpc) is 3.02. The lowest BCUT2D eigenvalue weighted by Gasteiger charge is -2.42. The number of aliphatic hydroxyl groups is 7. The average molecular weight is 440 g/mol. The molecular weight excluding hydrogens is 404 g/mol. The number of rotatable bonds is 12. The van der Waals surface area contributed by atoms with Crippen molar-refractivity contribution in [2.75, 3.05) is 26.4 Å². The summed E-state index contributed by atoms with van der Waals surface area (Å²) in [5.74, 6) is 0. The van der Waals surface area contributed by atoms with Crippen molar-refractivity contribution >= 4 is 0 Å². The Balaban J connectivity index is 1.97. The third kappa shape index (κ3) is 6.30. The minimum Gasteiger partial charge on any atom is -0.394 e. The molecule has 0 spiro atoms. The summed E-state index contributed by atoms with van der Waals surface area (Å²) in [4.78, 5) is 0. The molecular formula is C19H36O11. The minimum absolute atomic E-state index is 0.0629. The van der Waals surface area contributed by atoms with Gasteiger partial charge in [-0.05, 0) is 12.8 Å². The number of aliphatic hydroxyl groups excluding tert-OH is 6. The van der Waals surface area contributed by atoms with E-state index in [1.165, 1.54) is 0 Å². The van der Waals surface area contributed by atoms with Crippen LogP contribution < -0.4 is 0 Å². The molecule has 7 N–H and O–H groups in total. The number of unbranched alkanes of at least 4 members (excludes halogenated alkanes) is 2. The lowest BCUT2D eigenvalue weighted by molar-refractivity contribution is -0.336. The largest absolute Gasteiger partial charge is 0.394 e. The van der Waals surface area contributed by atoms with Crippen LogP contribution in [0.5, 0.6) is 0 Å². The van der Waals surface area contributed by atoms with Gasteiger partial charge in [0.05, 0.1) is 32.5 Å². The standard InChI is InChI=1S/C19H36O11/c1-2-3-4-5-11(22)6-7-27-17-15(14(24)13(23)12(8-20)29-17)30-18-16(25)19(26,9-21)10-28-18/h11-18,20-26H,2-10H2,1H3/t11-,12-,13-,14+,15-,16+,17-,18+,19-/m1/s1. The molecule has 2 rings (SSSR count). The van der Waals surface area contributed by atoms with Gasteiger partial charge in [0.15, 0.2) is 12.6 Å². The van der Waals surface area contributed by atoms with E-state index < -0.39 is 74.6 Å². The molecule has 11 nitrogen and oxygen atoms in total. The van der Waals surface area contributed by atoms with Gasteiger partial charge in [-0.2, -0.15) is 0 Å². The molecule has 0 unspecified atom stereocenters. The van der Waals surface area contributed by atoms with Crippen molar-refractivity contribution in [3.63, 3.8) is 0 Å². The molecule has 0 radical (unpaired) electrons. The van der Waals surface area contributed by atoms with Crippen LogP contribution >= 0.6 is 0 Å². The Kier molecular flexibility index (Phi) is 10.3. The lowest BCUT2D eigenvalue weighted by Crippen LogP contribution is -2.61. The van der Waals surface area contributed by atoms with Gasteiger partial charge in [-0.25, -0.2) is 0 Å².